The molecule has 1 atom stereocenters. The molecule has 3 heteroatoms. The molecule has 0 saturated carbocycles. The Morgan fingerprint density at radius 3 is 2.89 bits per heavy atom. The highest BCUT2D eigenvalue weighted by Crippen LogP contribution is 2.31. The number of para-hydroxylation sites is 1. The second-order valence-corrected chi connectivity index (χ2v) is 5.87. The number of phenolic OH excluding ortho intramolecular Hbond substituents is 1. The molecule has 2 N–H and O–H groups in total. The number of aliphatic hydroxyl groups excluding tert-OH is 1. The molecule has 1 heterocycles. The molecule has 1 saturated heterocycles. The van der Waals surface area contributed by atoms with Gasteiger partial charge in [0.25, 0.3) is 0 Å². The first-order valence-electron chi connectivity index (χ1n) is 6.65. The third kappa shape index (κ3) is 2.85. The van der Waals surface area contributed by atoms with Gasteiger partial charge in [-0.15, -0.1) is 0 Å². The van der Waals surface area contributed by atoms with Crippen LogP contribution in [0.15, 0.2) is 18.2 Å². The normalized spacial score (nSPS) is 25.3. The number of hydrogen-bond acceptors (Lipinski definition) is 3. The monoisotopic (exact) mass is 249 g/mol. The minimum atomic E-state index is 0.0116. The average molecular weight is 249 g/mol. The van der Waals surface area contributed by atoms with Crippen LogP contribution in [0.5, 0.6) is 5.75 Å². The van der Waals surface area contributed by atoms with Crippen LogP contribution in [-0.2, 0) is 6.54 Å². The number of hydrogen-bond donors (Lipinski definition) is 2. The van der Waals surface area contributed by atoms with Gasteiger partial charge < -0.3 is 10.2 Å². The fourth-order valence-corrected chi connectivity index (χ4v) is 2.78. The Hall–Kier alpha value is -1.06. The van der Waals surface area contributed by atoms with Gasteiger partial charge in [-0.05, 0) is 31.9 Å². The van der Waals surface area contributed by atoms with E-state index in [9.17, 15) is 10.2 Å². The van der Waals surface area contributed by atoms with Crippen LogP contribution in [0.2, 0.25) is 0 Å². The number of phenols is 1. The van der Waals surface area contributed by atoms with Crippen molar-refractivity contribution in [2.75, 3.05) is 19.7 Å². The zero-order chi connectivity index (χ0) is 13.2. The first-order chi connectivity index (χ1) is 8.54. The summed E-state index contributed by atoms with van der Waals surface area (Å²) in [7, 11) is 0. The number of piperidine rings is 1. The fraction of sp³-hybridized carbons (Fsp3) is 0.600. The van der Waals surface area contributed by atoms with Crippen LogP contribution in [0.3, 0.4) is 0 Å². The van der Waals surface area contributed by atoms with Gasteiger partial charge in [-0.25, -0.2) is 0 Å². The number of aryl methyl sites for hydroxylation is 1. The SMILES string of the molecule is Cc1cccc(CN2CCCC(C)(CO)C2)c1O. The molecule has 1 aliphatic rings. The van der Waals surface area contributed by atoms with E-state index in [-0.39, 0.29) is 12.0 Å². The van der Waals surface area contributed by atoms with Crippen molar-refractivity contribution in [2.45, 2.75) is 33.2 Å². The van der Waals surface area contributed by atoms with Crippen molar-refractivity contribution in [2.24, 2.45) is 5.41 Å². The van der Waals surface area contributed by atoms with Crippen LogP contribution in [0.1, 0.15) is 30.9 Å². The molecule has 0 spiro atoms. The standard InChI is InChI=1S/C15H23NO2/c1-12-5-3-6-13(14(12)18)9-16-8-4-7-15(2,10-16)11-17/h3,5-6,17-18H,4,7-11H2,1-2H3. The number of aliphatic hydroxyl groups is 1. The third-order valence-corrected chi connectivity index (χ3v) is 3.96. The van der Waals surface area contributed by atoms with Gasteiger partial charge in [0.1, 0.15) is 5.75 Å². The van der Waals surface area contributed by atoms with Crippen molar-refractivity contribution in [3.8, 4) is 5.75 Å². The number of aromatic hydroxyl groups is 1. The topological polar surface area (TPSA) is 43.7 Å². The number of rotatable bonds is 3. The van der Waals surface area contributed by atoms with Crippen molar-refractivity contribution < 1.29 is 10.2 Å². The van der Waals surface area contributed by atoms with E-state index in [0.717, 1.165) is 43.6 Å². The Morgan fingerprint density at radius 2 is 2.17 bits per heavy atom. The summed E-state index contributed by atoms with van der Waals surface area (Å²) in [6.07, 6.45) is 2.20. The first-order valence-corrected chi connectivity index (χ1v) is 6.65. The maximum absolute atomic E-state index is 10.0. The van der Waals surface area contributed by atoms with Gasteiger partial charge in [0, 0.05) is 30.7 Å². The number of nitrogens with zero attached hydrogens (tertiary/aromatic N) is 1. The molecule has 1 aromatic carbocycles. The van der Waals surface area contributed by atoms with Gasteiger partial charge in [-0.2, -0.15) is 0 Å². The molecular weight excluding hydrogens is 226 g/mol. The minimum absolute atomic E-state index is 0.0116. The van der Waals surface area contributed by atoms with Gasteiger partial charge in [0.05, 0.1) is 0 Å². The van der Waals surface area contributed by atoms with Crippen molar-refractivity contribution in [1.82, 2.24) is 4.90 Å². The second kappa shape index (κ2) is 5.29. The van der Waals surface area contributed by atoms with Crippen molar-refractivity contribution in [3.05, 3.63) is 29.3 Å². The fourth-order valence-electron chi connectivity index (χ4n) is 2.78. The van der Waals surface area contributed by atoms with E-state index < -0.39 is 0 Å². The lowest BCUT2D eigenvalue weighted by molar-refractivity contribution is 0.0426. The highest BCUT2D eigenvalue weighted by Gasteiger charge is 2.30. The molecule has 0 radical (unpaired) electrons. The Bertz CT molecular complexity index is 419. The van der Waals surface area contributed by atoms with Gasteiger partial charge in [-0.3, -0.25) is 4.90 Å². The van der Waals surface area contributed by atoms with Crippen molar-refractivity contribution >= 4 is 0 Å². The van der Waals surface area contributed by atoms with E-state index in [4.69, 9.17) is 0 Å². The van der Waals surface area contributed by atoms with E-state index in [0.29, 0.717) is 5.75 Å². The van der Waals surface area contributed by atoms with Gasteiger partial charge in [0.2, 0.25) is 0 Å². The lowest BCUT2D eigenvalue weighted by Gasteiger charge is -2.39. The molecule has 0 amide bonds. The van der Waals surface area contributed by atoms with Crippen LogP contribution in [-0.4, -0.2) is 34.8 Å². The van der Waals surface area contributed by atoms with E-state index >= 15 is 0 Å². The average Bonchev–Trinajstić information content (AvgIpc) is 2.35. The molecule has 18 heavy (non-hydrogen) atoms. The van der Waals surface area contributed by atoms with Crippen LogP contribution >= 0.6 is 0 Å². The molecule has 0 bridgehead atoms. The first kappa shape index (κ1) is 13.4. The van der Waals surface area contributed by atoms with E-state index in [2.05, 4.69) is 11.8 Å². The van der Waals surface area contributed by atoms with Crippen molar-refractivity contribution in [3.63, 3.8) is 0 Å². The summed E-state index contributed by atoms with van der Waals surface area (Å²) in [5, 5.41) is 19.5. The smallest absolute Gasteiger partial charge is 0.122 e. The maximum Gasteiger partial charge on any atom is 0.122 e. The number of benzene rings is 1. The summed E-state index contributed by atoms with van der Waals surface area (Å²) in [6, 6.07) is 5.89. The summed E-state index contributed by atoms with van der Waals surface area (Å²) in [4.78, 5) is 2.33. The van der Waals surface area contributed by atoms with E-state index in [1.54, 1.807) is 0 Å². The summed E-state index contributed by atoms with van der Waals surface area (Å²) < 4.78 is 0. The second-order valence-electron chi connectivity index (χ2n) is 5.87. The molecule has 1 unspecified atom stereocenters. The van der Waals surface area contributed by atoms with Crippen LogP contribution in [0.4, 0.5) is 0 Å². The zero-order valence-electron chi connectivity index (χ0n) is 11.3. The van der Waals surface area contributed by atoms with Crippen LogP contribution < -0.4 is 0 Å². The molecule has 0 aliphatic carbocycles. The summed E-state index contributed by atoms with van der Waals surface area (Å²) in [5.74, 6) is 0.411. The Balaban J connectivity index is 2.07. The van der Waals surface area contributed by atoms with Gasteiger partial charge in [-0.1, -0.05) is 25.1 Å². The lowest BCUT2D eigenvalue weighted by Crippen LogP contribution is -2.43. The third-order valence-electron chi connectivity index (χ3n) is 3.96. The molecule has 0 aromatic heterocycles. The molecule has 3 nitrogen and oxygen atoms in total. The van der Waals surface area contributed by atoms with Crippen LogP contribution in [0.25, 0.3) is 0 Å². The molecule has 1 aliphatic heterocycles. The van der Waals surface area contributed by atoms with Gasteiger partial charge >= 0.3 is 0 Å². The van der Waals surface area contributed by atoms with Crippen LogP contribution in [0, 0.1) is 12.3 Å². The predicted octanol–water partition coefficient (Wildman–Crippen LogP) is 2.30. The minimum Gasteiger partial charge on any atom is -0.507 e. The lowest BCUT2D eigenvalue weighted by atomic mass is 9.82. The zero-order valence-corrected chi connectivity index (χ0v) is 11.3. The Kier molecular flexibility index (Phi) is 3.93. The highest BCUT2D eigenvalue weighted by atomic mass is 16.3. The van der Waals surface area contributed by atoms with E-state index in [1.807, 2.05) is 25.1 Å². The number of likely N-dealkylation sites (tertiary alicyclic amines) is 1. The molecular formula is C15H23NO2. The van der Waals surface area contributed by atoms with Crippen molar-refractivity contribution in [1.29, 1.82) is 0 Å². The summed E-state index contributed by atoms with van der Waals surface area (Å²) in [5.41, 5.74) is 1.92. The Morgan fingerprint density at radius 1 is 1.39 bits per heavy atom. The molecule has 2 rings (SSSR count). The molecule has 1 aromatic rings. The van der Waals surface area contributed by atoms with E-state index in [1.165, 1.54) is 0 Å². The summed E-state index contributed by atoms with van der Waals surface area (Å²) >= 11 is 0. The molecule has 1 fully saturated rings. The van der Waals surface area contributed by atoms with Gasteiger partial charge in [0.15, 0.2) is 0 Å². The molecule has 100 valence electrons. The summed E-state index contributed by atoms with van der Waals surface area (Å²) in [6.45, 7) is 7.01. The quantitative estimate of drug-likeness (QED) is 0.864. The predicted molar refractivity (Wildman–Crippen MR) is 72.5 cm³/mol. The largest absolute Gasteiger partial charge is 0.507 e. The maximum atomic E-state index is 10.0. The highest BCUT2D eigenvalue weighted by molar-refractivity contribution is 5.39. The Labute approximate surface area is 109 Å².